The second-order valence-corrected chi connectivity index (χ2v) is 19.0. The Labute approximate surface area is 396 Å². The lowest BCUT2D eigenvalue weighted by Gasteiger charge is -2.26. The van der Waals surface area contributed by atoms with Gasteiger partial charge in [0.05, 0.1) is 17.1 Å². The van der Waals surface area contributed by atoms with Gasteiger partial charge < -0.3 is 0 Å². The van der Waals surface area contributed by atoms with Crippen LogP contribution < -0.4 is 0 Å². The molecule has 1 unspecified atom stereocenters. The van der Waals surface area contributed by atoms with Crippen molar-refractivity contribution in [2.45, 2.75) is 53.4 Å². The van der Waals surface area contributed by atoms with Crippen LogP contribution in [0.1, 0.15) is 61.9 Å². The lowest BCUT2D eigenvalue weighted by Crippen LogP contribution is -2.11. The van der Waals surface area contributed by atoms with Crippen LogP contribution in [0.25, 0.3) is 89.4 Å². The molecule has 3 nitrogen and oxygen atoms in total. The van der Waals surface area contributed by atoms with E-state index in [1.165, 1.54) is 77.9 Å². The number of benzene rings is 6. The molecule has 0 N–H and O–H groups in total. The molecule has 3 heterocycles. The summed E-state index contributed by atoms with van der Waals surface area (Å²) in [6, 6.07) is 64.0. The maximum atomic E-state index is 4.78. The summed E-state index contributed by atoms with van der Waals surface area (Å²) in [5.41, 5.74) is 24.7. The summed E-state index contributed by atoms with van der Waals surface area (Å²) in [6.07, 6.45) is 11.4. The fraction of sp³-hybridized carbons (Fsp3) is 0.141. The maximum absolute atomic E-state index is 4.78. The van der Waals surface area contributed by atoms with Gasteiger partial charge in [0.1, 0.15) is 0 Å². The van der Waals surface area contributed by atoms with Crippen molar-refractivity contribution in [3.8, 4) is 78.3 Å². The van der Waals surface area contributed by atoms with Crippen LogP contribution in [-0.4, -0.2) is 15.0 Å². The highest BCUT2D eigenvalue weighted by Crippen LogP contribution is 2.45. The van der Waals surface area contributed by atoms with Crippen LogP contribution in [0.5, 0.6) is 0 Å². The molecule has 6 aromatic carbocycles. The van der Waals surface area contributed by atoms with E-state index in [9.17, 15) is 0 Å². The molecule has 10 rings (SSSR count). The van der Waals surface area contributed by atoms with Crippen LogP contribution in [0, 0.1) is 19.8 Å². The first-order chi connectivity index (χ1) is 32.6. The van der Waals surface area contributed by atoms with Crippen molar-refractivity contribution in [3.05, 3.63) is 234 Å². The Morgan fingerprint density at radius 3 is 1.46 bits per heavy atom. The zero-order chi connectivity index (χ0) is 46.1. The standard InChI is InChI=1S/C64H55N3/c1-42-16-15-21-58(63(42)54-31-29-48(37-44(54)3)61-23-12-14-34-66-61)51-39-49(56-18-8-7-17-55(56)45-24-26-46(27-25-45)62-41-52(32-35-67-62)64(4,5)6)38-50(40-51)57-19-9-10-20-59(57)53-30-28-47(36-43(53)2)60-22-11-13-33-65-60/h7-15,17-42H,16H2,1-6H3. The first-order valence-electron chi connectivity index (χ1n) is 23.5. The predicted octanol–water partition coefficient (Wildman–Crippen LogP) is 17.0. The molecule has 9 aromatic rings. The van der Waals surface area contributed by atoms with Gasteiger partial charge in [0.15, 0.2) is 0 Å². The summed E-state index contributed by atoms with van der Waals surface area (Å²) in [5, 5.41) is 0. The average molecular weight is 866 g/mol. The average Bonchev–Trinajstić information content (AvgIpc) is 3.36. The molecule has 3 aromatic heterocycles. The van der Waals surface area contributed by atoms with E-state index in [1.807, 2.05) is 36.8 Å². The number of hydrogen-bond acceptors (Lipinski definition) is 3. The van der Waals surface area contributed by atoms with Gasteiger partial charge in [-0.1, -0.05) is 149 Å². The van der Waals surface area contributed by atoms with Crippen LogP contribution in [0.15, 0.2) is 207 Å². The zero-order valence-electron chi connectivity index (χ0n) is 39.3. The summed E-state index contributed by atoms with van der Waals surface area (Å²) in [6.45, 7) is 13.6. The third kappa shape index (κ3) is 8.86. The van der Waals surface area contributed by atoms with Gasteiger partial charge in [0.25, 0.3) is 0 Å². The molecule has 0 radical (unpaired) electrons. The molecule has 0 saturated heterocycles. The number of hydrogen-bond donors (Lipinski definition) is 0. The number of aromatic nitrogens is 3. The Bertz CT molecular complexity index is 3320. The summed E-state index contributed by atoms with van der Waals surface area (Å²) >= 11 is 0. The lowest BCUT2D eigenvalue weighted by molar-refractivity contribution is 0.589. The first-order valence-corrected chi connectivity index (χ1v) is 23.5. The van der Waals surface area contributed by atoms with Crippen LogP contribution in [0.4, 0.5) is 0 Å². The van der Waals surface area contributed by atoms with Gasteiger partial charge in [-0.2, -0.15) is 0 Å². The van der Waals surface area contributed by atoms with Crippen molar-refractivity contribution in [1.82, 2.24) is 15.0 Å². The second-order valence-electron chi connectivity index (χ2n) is 19.0. The molecule has 0 aliphatic heterocycles. The monoisotopic (exact) mass is 865 g/mol. The van der Waals surface area contributed by atoms with E-state index in [2.05, 4.69) is 221 Å². The summed E-state index contributed by atoms with van der Waals surface area (Å²) in [5.74, 6) is 0.323. The van der Waals surface area contributed by atoms with E-state index in [0.717, 1.165) is 45.8 Å². The molecule has 1 atom stereocenters. The molecule has 1 aliphatic rings. The van der Waals surface area contributed by atoms with Crippen molar-refractivity contribution < 1.29 is 0 Å². The van der Waals surface area contributed by atoms with Gasteiger partial charge in [0.2, 0.25) is 0 Å². The van der Waals surface area contributed by atoms with Gasteiger partial charge >= 0.3 is 0 Å². The highest BCUT2D eigenvalue weighted by Gasteiger charge is 2.23. The summed E-state index contributed by atoms with van der Waals surface area (Å²) in [7, 11) is 0. The lowest BCUT2D eigenvalue weighted by atomic mass is 9.78. The third-order valence-corrected chi connectivity index (χ3v) is 13.3. The maximum Gasteiger partial charge on any atom is 0.0704 e. The predicted molar refractivity (Wildman–Crippen MR) is 282 cm³/mol. The first kappa shape index (κ1) is 43.2. The summed E-state index contributed by atoms with van der Waals surface area (Å²) in [4.78, 5) is 14.1. The fourth-order valence-electron chi connectivity index (χ4n) is 9.77. The third-order valence-electron chi connectivity index (χ3n) is 13.3. The minimum Gasteiger partial charge on any atom is -0.256 e. The quantitative estimate of drug-likeness (QED) is 0.145. The van der Waals surface area contributed by atoms with Crippen LogP contribution in [-0.2, 0) is 5.41 Å². The Balaban J connectivity index is 1.14. The van der Waals surface area contributed by atoms with Crippen molar-refractivity contribution in [2.75, 3.05) is 0 Å². The van der Waals surface area contributed by atoms with E-state index in [0.29, 0.717) is 5.92 Å². The Morgan fingerprint density at radius 2 is 0.896 bits per heavy atom. The molecule has 3 heteroatoms. The van der Waals surface area contributed by atoms with Crippen molar-refractivity contribution in [3.63, 3.8) is 0 Å². The molecule has 0 fully saturated rings. The number of allylic oxidation sites excluding steroid dienone is 4. The molecular weight excluding hydrogens is 811 g/mol. The number of rotatable bonds is 9. The Morgan fingerprint density at radius 1 is 0.403 bits per heavy atom. The largest absolute Gasteiger partial charge is 0.256 e. The van der Waals surface area contributed by atoms with Crippen LogP contribution in [0.2, 0.25) is 0 Å². The van der Waals surface area contributed by atoms with Crippen LogP contribution >= 0.6 is 0 Å². The number of nitrogens with zero attached hydrogens (tertiary/aromatic N) is 3. The SMILES string of the molecule is Cc1cc(-c2ccccn2)ccc1C1=C(c2cc(-c3ccccc3-c3ccc(-c4cc(C(C)(C)C)ccn4)cc3)cc(-c3ccccc3-c3ccc(-c4ccccn4)cc3C)c2)C=CCC1C. The molecule has 0 saturated carbocycles. The van der Waals surface area contributed by atoms with Gasteiger partial charge in [-0.3, -0.25) is 15.0 Å². The van der Waals surface area contributed by atoms with Gasteiger partial charge in [-0.15, -0.1) is 0 Å². The van der Waals surface area contributed by atoms with Gasteiger partial charge in [0, 0.05) is 35.3 Å². The minimum atomic E-state index is 0.0415. The van der Waals surface area contributed by atoms with E-state index in [1.54, 1.807) is 0 Å². The molecule has 67 heavy (non-hydrogen) atoms. The molecule has 0 bridgehead atoms. The molecule has 1 aliphatic carbocycles. The molecule has 0 amide bonds. The number of pyridine rings is 3. The van der Waals surface area contributed by atoms with Crippen LogP contribution in [0.3, 0.4) is 0 Å². The second kappa shape index (κ2) is 18.3. The van der Waals surface area contributed by atoms with Crippen molar-refractivity contribution >= 4 is 11.1 Å². The van der Waals surface area contributed by atoms with E-state index < -0.39 is 0 Å². The van der Waals surface area contributed by atoms with E-state index >= 15 is 0 Å². The highest BCUT2D eigenvalue weighted by atomic mass is 14.7. The molecule has 326 valence electrons. The minimum absolute atomic E-state index is 0.0415. The highest BCUT2D eigenvalue weighted by molar-refractivity contribution is 6.01. The normalized spacial score (nSPS) is 13.8. The van der Waals surface area contributed by atoms with Gasteiger partial charge in [-0.05, 0) is 182 Å². The Kier molecular flexibility index (Phi) is 11.8. The van der Waals surface area contributed by atoms with Crippen molar-refractivity contribution in [2.24, 2.45) is 5.92 Å². The summed E-state index contributed by atoms with van der Waals surface area (Å²) < 4.78 is 0. The van der Waals surface area contributed by atoms with E-state index in [4.69, 9.17) is 4.98 Å². The fourth-order valence-corrected chi connectivity index (χ4v) is 9.77. The molecular formula is C64H55N3. The molecule has 0 spiro atoms. The van der Waals surface area contributed by atoms with Gasteiger partial charge in [-0.25, -0.2) is 0 Å². The topological polar surface area (TPSA) is 38.7 Å². The number of aryl methyl sites for hydroxylation is 2. The zero-order valence-corrected chi connectivity index (χ0v) is 39.3. The Hall–Kier alpha value is -7.75. The van der Waals surface area contributed by atoms with E-state index in [-0.39, 0.29) is 5.41 Å². The van der Waals surface area contributed by atoms with Crippen molar-refractivity contribution in [1.29, 1.82) is 0 Å². The smallest absolute Gasteiger partial charge is 0.0704 e.